The van der Waals surface area contributed by atoms with E-state index >= 15 is 0 Å². The van der Waals surface area contributed by atoms with Gasteiger partial charge in [0.05, 0.1) is 0 Å². The molecular formula is C42H38O2S. The van der Waals surface area contributed by atoms with Gasteiger partial charge in [-0.05, 0) is 114 Å². The molecule has 2 heterocycles. The number of thiophene rings is 1. The highest BCUT2D eigenvalue weighted by Crippen LogP contribution is 2.35. The monoisotopic (exact) mass is 606 g/mol. The SMILES string of the molecule is Cc1ccc(Oc2ccc(C)cc2)cc1.Cc1ccc2oc3ccc(C)cc3c2c1.Cc1ccc2sc3ccc(C)cc3c2c1. The molecule has 0 N–H and O–H groups in total. The van der Waals surface area contributed by atoms with Crippen LogP contribution in [0.1, 0.15) is 33.4 Å². The molecule has 0 bridgehead atoms. The third-order valence-corrected chi connectivity index (χ3v) is 8.99. The Balaban J connectivity index is 0.000000119. The highest BCUT2D eigenvalue weighted by atomic mass is 32.1. The Morgan fingerprint density at radius 2 is 0.711 bits per heavy atom. The largest absolute Gasteiger partial charge is 0.457 e. The van der Waals surface area contributed by atoms with Crippen molar-refractivity contribution in [2.45, 2.75) is 41.5 Å². The van der Waals surface area contributed by atoms with E-state index in [2.05, 4.69) is 102 Å². The summed E-state index contributed by atoms with van der Waals surface area (Å²) < 4.78 is 14.2. The lowest BCUT2D eigenvalue weighted by molar-refractivity contribution is 0.482. The molecule has 8 aromatic rings. The predicted octanol–water partition coefficient (Wildman–Crippen LogP) is 13.0. The molecule has 0 amide bonds. The van der Waals surface area contributed by atoms with Crippen LogP contribution in [0.4, 0.5) is 0 Å². The molecule has 0 aliphatic carbocycles. The second-order valence-electron chi connectivity index (χ2n) is 11.9. The lowest BCUT2D eigenvalue weighted by Gasteiger charge is -2.05. The number of aryl methyl sites for hydroxylation is 6. The maximum absolute atomic E-state index is 5.76. The molecule has 0 atom stereocenters. The Kier molecular flexibility index (Phi) is 8.73. The first-order chi connectivity index (χ1) is 21.7. The summed E-state index contributed by atoms with van der Waals surface area (Å²) in [5.74, 6) is 1.76. The average molecular weight is 607 g/mol. The number of rotatable bonds is 2. The molecule has 0 unspecified atom stereocenters. The highest BCUT2D eigenvalue weighted by molar-refractivity contribution is 7.25. The van der Waals surface area contributed by atoms with Gasteiger partial charge in [-0.25, -0.2) is 0 Å². The molecule has 0 fully saturated rings. The molecule has 0 aliphatic rings. The van der Waals surface area contributed by atoms with Gasteiger partial charge < -0.3 is 9.15 Å². The van der Waals surface area contributed by atoms with Gasteiger partial charge in [-0.1, -0.05) is 81.9 Å². The fourth-order valence-electron chi connectivity index (χ4n) is 5.36. The summed E-state index contributed by atoms with van der Waals surface area (Å²) in [6.45, 7) is 12.6. The summed E-state index contributed by atoms with van der Waals surface area (Å²) in [4.78, 5) is 0. The Bertz CT molecular complexity index is 1960. The quantitative estimate of drug-likeness (QED) is 0.195. The van der Waals surface area contributed by atoms with Crippen LogP contribution in [-0.2, 0) is 0 Å². The number of ether oxygens (including phenoxy) is 1. The maximum Gasteiger partial charge on any atom is 0.135 e. The van der Waals surface area contributed by atoms with Crippen molar-refractivity contribution in [3.63, 3.8) is 0 Å². The third-order valence-electron chi connectivity index (χ3n) is 7.84. The summed E-state index contributed by atoms with van der Waals surface area (Å²) in [5, 5.41) is 5.24. The molecular weight excluding hydrogens is 569 g/mol. The molecule has 0 radical (unpaired) electrons. The van der Waals surface area contributed by atoms with E-state index in [4.69, 9.17) is 9.15 Å². The summed E-state index contributed by atoms with van der Waals surface area (Å²) in [6, 6.07) is 42.1. The van der Waals surface area contributed by atoms with Crippen LogP contribution >= 0.6 is 11.3 Å². The zero-order chi connectivity index (χ0) is 31.5. The van der Waals surface area contributed by atoms with Crippen LogP contribution in [0.25, 0.3) is 42.1 Å². The zero-order valence-corrected chi connectivity index (χ0v) is 27.6. The van der Waals surface area contributed by atoms with E-state index in [9.17, 15) is 0 Å². The van der Waals surface area contributed by atoms with Crippen molar-refractivity contribution in [2.24, 2.45) is 0 Å². The van der Waals surface area contributed by atoms with Crippen molar-refractivity contribution >= 4 is 53.4 Å². The van der Waals surface area contributed by atoms with Crippen molar-refractivity contribution in [3.05, 3.63) is 155 Å². The van der Waals surface area contributed by atoms with Gasteiger partial charge in [-0.15, -0.1) is 11.3 Å². The van der Waals surface area contributed by atoms with E-state index < -0.39 is 0 Å². The van der Waals surface area contributed by atoms with Crippen LogP contribution in [0.3, 0.4) is 0 Å². The van der Waals surface area contributed by atoms with Gasteiger partial charge >= 0.3 is 0 Å². The van der Waals surface area contributed by atoms with Crippen LogP contribution in [0.15, 0.2) is 126 Å². The molecule has 2 nitrogen and oxygen atoms in total. The van der Waals surface area contributed by atoms with Gasteiger partial charge in [0.1, 0.15) is 22.7 Å². The van der Waals surface area contributed by atoms with Gasteiger partial charge in [0.15, 0.2) is 0 Å². The second-order valence-corrected chi connectivity index (χ2v) is 13.0. The lowest BCUT2D eigenvalue weighted by Crippen LogP contribution is -1.84. The third kappa shape index (κ3) is 7.11. The van der Waals surface area contributed by atoms with Crippen molar-refractivity contribution < 1.29 is 9.15 Å². The Labute approximate surface area is 269 Å². The van der Waals surface area contributed by atoms with Gasteiger partial charge in [0.2, 0.25) is 0 Å². The molecule has 0 saturated carbocycles. The van der Waals surface area contributed by atoms with E-state index in [0.717, 1.165) is 22.7 Å². The van der Waals surface area contributed by atoms with E-state index in [0.29, 0.717) is 0 Å². The molecule has 6 aromatic carbocycles. The fourth-order valence-corrected chi connectivity index (χ4v) is 6.43. The number of furan rings is 1. The van der Waals surface area contributed by atoms with Gasteiger partial charge in [-0.3, -0.25) is 0 Å². The van der Waals surface area contributed by atoms with Gasteiger partial charge in [-0.2, -0.15) is 0 Å². The predicted molar refractivity (Wildman–Crippen MR) is 194 cm³/mol. The second kappa shape index (κ2) is 13.0. The Morgan fingerprint density at radius 3 is 1.11 bits per heavy atom. The van der Waals surface area contributed by atoms with E-state index in [1.165, 1.54) is 64.3 Å². The number of hydrogen-bond donors (Lipinski definition) is 0. The molecule has 3 heteroatoms. The molecule has 45 heavy (non-hydrogen) atoms. The minimum Gasteiger partial charge on any atom is -0.457 e. The molecule has 0 spiro atoms. The Morgan fingerprint density at radius 1 is 0.378 bits per heavy atom. The van der Waals surface area contributed by atoms with Crippen LogP contribution in [0.2, 0.25) is 0 Å². The fraction of sp³-hybridized carbons (Fsp3) is 0.143. The standard InChI is InChI=1S/C14H12O.C14H14O.C14H12S/c1-9-3-5-13-11(7-9)12-8-10(2)4-6-14(12)15-13;1-11-3-7-13(8-4-11)15-14-9-5-12(2)6-10-14;1-9-3-5-13-11(7-9)12-8-10(2)4-6-14(12)15-13/h3-8H,1-2H3;3-10H,1-2H3;3-8H,1-2H3. The summed E-state index contributed by atoms with van der Waals surface area (Å²) in [6.07, 6.45) is 0. The minimum atomic E-state index is 0.879. The first-order valence-corrected chi connectivity index (χ1v) is 16.1. The maximum atomic E-state index is 5.76. The van der Waals surface area contributed by atoms with Crippen molar-refractivity contribution in [1.82, 2.24) is 0 Å². The normalized spacial score (nSPS) is 10.9. The number of hydrogen-bond acceptors (Lipinski definition) is 3. The van der Waals surface area contributed by atoms with Crippen LogP contribution in [-0.4, -0.2) is 0 Å². The molecule has 2 aromatic heterocycles. The zero-order valence-electron chi connectivity index (χ0n) is 26.8. The van der Waals surface area contributed by atoms with Crippen LogP contribution in [0, 0.1) is 41.5 Å². The van der Waals surface area contributed by atoms with E-state index in [1.807, 2.05) is 72.0 Å². The summed E-state index contributed by atoms with van der Waals surface area (Å²) in [5.41, 5.74) is 9.64. The molecule has 224 valence electrons. The first-order valence-electron chi connectivity index (χ1n) is 15.3. The van der Waals surface area contributed by atoms with E-state index in [1.54, 1.807) is 0 Å². The first kappa shape index (κ1) is 30.2. The van der Waals surface area contributed by atoms with Crippen molar-refractivity contribution in [1.29, 1.82) is 0 Å². The average Bonchev–Trinajstić information content (AvgIpc) is 3.57. The van der Waals surface area contributed by atoms with Crippen LogP contribution < -0.4 is 4.74 Å². The summed E-state index contributed by atoms with van der Waals surface area (Å²) in [7, 11) is 0. The van der Waals surface area contributed by atoms with Gasteiger partial charge in [0.25, 0.3) is 0 Å². The topological polar surface area (TPSA) is 22.4 Å². The van der Waals surface area contributed by atoms with Crippen molar-refractivity contribution in [2.75, 3.05) is 0 Å². The lowest BCUT2D eigenvalue weighted by atomic mass is 10.1. The molecule has 0 aliphatic heterocycles. The van der Waals surface area contributed by atoms with E-state index in [-0.39, 0.29) is 0 Å². The van der Waals surface area contributed by atoms with Crippen molar-refractivity contribution in [3.8, 4) is 11.5 Å². The highest BCUT2D eigenvalue weighted by Gasteiger charge is 2.07. The Hall–Kier alpha value is -4.86. The summed E-state index contributed by atoms with van der Waals surface area (Å²) >= 11 is 1.88. The van der Waals surface area contributed by atoms with Gasteiger partial charge in [0, 0.05) is 30.9 Å². The van der Waals surface area contributed by atoms with Crippen LogP contribution in [0.5, 0.6) is 11.5 Å². The smallest absolute Gasteiger partial charge is 0.135 e. The minimum absolute atomic E-state index is 0.879. The molecule has 0 saturated heterocycles. The molecule has 8 rings (SSSR count). The number of fused-ring (bicyclic) bond motifs is 6. The number of benzene rings is 6.